The van der Waals surface area contributed by atoms with Crippen molar-refractivity contribution in [3.05, 3.63) is 51.0 Å². The summed E-state index contributed by atoms with van der Waals surface area (Å²) in [7, 11) is 0. The second-order valence-corrected chi connectivity index (χ2v) is 4.98. The number of benzene rings is 1. The van der Waals surface area contributed by atoms with E-state index in [1.54, 1.807) is 12.1 Å². The lowest BCUT2D eigenvalue weighted by molar-refractivity contribution is 0.620. The van der Waals surface area contributed by atoms with Gasteiger partial charge in [-0.25, -0.2) is 13.8 Å². The highest BCUT2D eigenvalue weighted by atomic mass is 79.9. The van der Waals surface area contributed by atoms with E-state index in [1.165, 1.54) is 18.3 Å². The van der Waals surface area contributed by atoms with Crippen molar-refractivity contribution in [1.29, 1.82) is 0 Å². The maximum atomic E-state index is 13.5. The van der Waals surface area contributed by atoms with Gasteiger partial charge in [0.05, 0.1) is 5.69 Å². The largest absolute Gasteiger partial charge is 0.334 e. The van der Waals surface area contributed by atoms with Crippen molar-refractivity contribution in [2.75, 3.05) is 5.32 Å². The first-order valence-corrected chi connectivity index (χ1v) is 6.18. The lowest BCUT2D eigenvalue weighted by atomic mass is 10.3. The lowest BCUT2D eigenvalue weighted by Gasteiger charge is -2.09. The molecule has 0 atom stereocenters. The van der Waals surface area contributed by atoms with Crippen LogP contribution >= 0.6 is 31.9 Å². The zero-order chi connectivity index (χ0) is 12.4. The molecule has 0 aliphatic carbocycles. The number of rotatable bonds is 2. The number of pyridine rings is 1. The molecule has 0 aliphatic rings. The summed E-state index contributed by atoms with van der Waals surface area (Å²) in [5.41, 5.74) is 0.154. The molecule has 2 rings (SSSR count). The van der Waals surface area contributed by atoms with Crippen LogP contribution in [-0.4, -0.2) is 4.98 Å². The summed E-state index contributed by atoms with van der Waals surface area (Å²) in [6, 6.07) is 5.74. The molecular weight excluding hydrogens is 358 g/mol. The van der Waals surface area contributed by atoms with E-state index < -0.39 is 11.6 Å². The van der Waals surface area contributed by atoms with Crippen LogP contribution in [0, 0.1) is 11.6 Å². The molecule has 0 bridgehead atoms. The molecule has 0 unspecified atom stereocenters. The maximum absolute atomic E-state index is 13.5. The zero-order valence-electron chi connectivity index (χ0n) is 8.35. The Kier molecular flexibility index (Phi) is 3.73. The molecule has 0 spiro atoms. The van der Waals surface area contributed by atoms with Gasteiger partial charge in [0, 0.05) is 15.1 Å². The van der Waals surface area contributed by atoms with Gasteiger partial charge in [-0.1, -0.05) is 6.07 Å². The quantitative estimate of drug-likeness (QED) is 0.841. The predicted octanol–water partition coefficient (Wildman–Crippen LogP) is 4.63. The molecule has 0 saturated carbocycles. The lowest BCUT2D eigenvalue weighted by Crippen LogP contribution is -1.99. The van der Waals surface area contributed by atoms with Crippen LogP contribution in [0.25, 0.3) is 0 Å². The van der Waals surface area contributed by atoms with Crippen LogP contribution in [0.4, 0.5) is 20.3 Å². The monoisotopic (exact) mass is 362 g/mol. The van der Waals surface area contributed by atoms with Crippen LogP contribution < -0.4 is 5.32 Å². The second kappa shape index (κ2) is 5.10. The Morgan fingerprint density at radius 3 is 2.53 bits per heavy atom. The minimum absolute atomic E-state index is 0.0287. The van der Waals surface area contributed by atoms with Crippen molar-refractivity contribution >= 4 is 43.4 Å². The number of hydrogen-bond donors (Lipinski definition) is 1. The van der Waals surface area contributed by atoms with Crippen LogP contribution in [0.2, 0.25) is 0 Å². The molecule has 0 saturated heterocycles. The minimum Gasteiger partial charge on any atom is -0.334 e. The van der Waals surface area contributed by atoms with Crippen molar-refractivity contribution in [2.24, 2.45) is 0 Å². The fourth-order valence-corrected chi connectivity index (χ4v) is 1.99. The van der Waals surface area contributed by atoms with Crippen LogP contribution in [0.3, 0.4) is 0 Å². The minimum atomic E-state index is -0.561. The molecule has 0 radical (unpaired) electrons. The van der Waals surface area contributed by atoms with Gasteiger partial charge in [0.1, 0.15) is 5.82 Å². The Morgan fingerprint density at radius 2 is 1.88 bits per heavy atom. The Morgan fingerprint density at radius 1 is 1.12 bits per heavy atom. The first-order valence-electron chi connectivity index (χ1n) is 4.60. The molecule has 0 amide bonds. The van der Waals surface area contributed by atoms with Gasteiger partial charge in [-0.05, 0) is 50.1 Å². The van der Waals surface area contributed by atoms with Crippen molar-refractivity contribution in [1.82, 2.24) is 4.98 Å². The fourth-order valence-electron chi connectivity index (χ4n) is 1.24. The van der Waals surface area contributed by atoms with E-state index in [9.17, 15) is 8.78 Å². The Balaban J connectivity index is 2.38. The highest BCUT2D eigenvalue weighted by Gasteiger charge is 2.10. The third-order valence-electron chi connectivity index (χ3n) is 2.01. The Labute approximate surface area is 113 Å². The first-order chi connectivity index (χ1) is 8.08. The van der Waals surface area contributed by atoms with Gasteiger partial charge in [-0.2, -0.15) is 0 Å². The smallest absolute Gasteiger partial charge is 0.166 e. The van der Waals surface area contributed by atoms with Gasteiger partial charge in [0.25, 0.3) is 0 Å². The van der Waals surface area contributed by atoms with E-state index in [0.717, 1.165) is 0 Å². The molecule has 2 nitrogen and oxygen atoms in total. The summed E-state index contributed by atoms with van der Waals surface area (Å²) in [5, 5.41) is 2.61. The van der Waals surface area contributed by atoms with Crippen molar-refractivity contribution in [3.8, 4) is 0 Å². The molecule has 0 aliphatic heterocycles. The van der Waals surface area contributed by atoms with Gasteiger partial charge < -0.3 is 5.32 Å². The van der Waals surface area contributed by atoms with Crippen molar-refractivity contribution < 1.29 is 8.78 Å². The van der Waals surface area contributed by atoms with Crippen LogP contribution in [0.15, 0.2) is 39.4 Å². The summed E-state index contributed by atoms with van der Waals surface area (Å²) in [6.07, 6.45) is 1.43. The number of hydrogen-bond acceptors (Lipinski definition) is 2. The molecule has 1 aromatic carbocycles. The molecule has 17 heavy (non-hydrogen) atoms. The van der Waals surface area contributed by atoms with E-state index in [4.69, 9.17) is 0 Å². The highest BCUT2D eigenvalue weighted by molar-refractivity contribution is 9.10. The van der Waals surface area contributed by atoms with Gasteiger partial charge in [0.15, 0.2) is 11.6 Å². The number of nitrogens with zero attached hydrogens (tertiary/aromatic N) is 1. The average molecular weight is 364 g/mol. The zero-order valence-corrected chi connectivity index (χ0v) is 11.5. The summed E-state index contributed by atoms with van der Waals surface area (Å²) < 4.78 is 28.0. The summed E-state index contributed by atoms with van der Waals surface area (Å²) in [4.78, 5) is 3.83. The fraction of sp³-hybridized carbons (Fsp3) is 0. The molecule has 88 valence electrons. The molecule has 1 heterocycles. The van der Waals surface area contributed by atoms with Gasteiger partial charge in [-0.15, -0.1) is 0 Å². The number of para-hydroxylation sites is 1. The Bertz CT molecular complexity index is 541. The molecule has 0 fully saturated rings. The van der Waals surface area contributed by atoms with E-state index in [2.05, 4.69) is 42.2 Å². The standard InChI is InChI=1S/C11H6Br2F2N2/c12-6-4-9(15)11(16-5-6)17-10-7(13)2-1-3-8(10)14/h1-5H,(H,16,17). The van der Waals surface area contributed by atoms with E-state index in [1.807, 2.05) is 0 Å². The number of nitrogens with one attached hydrogen (secondary N) is 1. The third-order valence-corrected chi connectivity index (χ3v) is 3.11. The van der Waals surface area contributed by atoms with Crippen molar-refractivity contribution in [2.45, 2.75) is 0 Å². The van der Waals surface area contributed by atoms with Crippen molar-refractivity contribution in [3.63, 3.8) is 0 Å². The van der Waals surface area contributed by atoms with Crippen LogP contribution in [-0.2, 0) is 0 Å². The van der Waals surface area contributed by atoms with E-state index >= 15 is 0 Å². The van der Waals surface area contributed by atoms with Gasteiger partial charge in [-0.3, -0.25) is 0 Å². The molecular formula is C11H6Br2F2N2. The normalized spacial score (nSPS) is 10.4. The number of halogens is 4. The van der Waals surface area contributed by atoms with Crippen LogP contribution in [0.1, 0.15) is 0 Å². The molecule has 1 N–H and O–H groups in total. The van der Waals surface area contributed by atoms with Gasteiger partial charge in [0.2, 0.25) is 0 Å². The van der Waals surface area contributed by atoms with Gasteiger partial charge >= 0.3 is 0 Å². The predicted molar refractivity (Wildman–Crippen MR) is 69.3 cm³/mol. The summed E-state index contributed by atoms with van der Waals surface area (Å²) >= 11 is 6.28. The maximum Gasteiger partial charge on any atom is 0.166 e. The number of aromatic nitrogens is 1. The molecule has 6 heteroatoms. The van der Waals surface area contributed by atoms with E-state index in [0.29, 0.717) is 8.95 Å². The summed E-state index contributed by atoms with van der Waals surface area (Å²) in [6.45, 7) is 0. The van der Waals surface area contributed by atoms with Crippen LogP contribution in [0.5, 0.6) is 0 Å². The summed E-state index contributed by atoms with van der Waals surface area (Å²) in [5.74, 6) is -1.07. The molecule has 1 aromatic heterocycles. The third kappa shape index (κ3) is 2.81. The Hall–Kier alpha value is -1.01. The SMILES string of the molecule is Fc1cc(Br)cnc1Nc1c(F)cccc1Br. The van der Waals surface area contributed by atoms with E-state index in [-0.39, 0.29) is 11.5 Å². The second-order valence-electron chi connectivity index (χ2n) is 3.21. The highest BCUT2D eigenvalue weighted by Crippen LogP contribution is 2.29. The topological polar surface area (TPSA) is 24.9 Å². The average Bonchev–Trinajstić information content (AvgIpc) is 2.26. The first kappa shape index (κ1) is 12.4. The number of anilines is 2. The molecule has 2 aromatic rings.